The van der Waals surface area contributed by atoms with Crippen LogP contribution in [0.2, 0.25) is 0 Å². The van der Waals surface area contributed by atoms with Gasteiger partial charge in [0.1, 0.15) is 0 Å². The predicted molar refractivity (Wildman–Crippen MR) is 85.9 cm³/mol. The van der Waals surface area contributed by atoms with Gasteiger partial charge in [-0.3, -0.25) is 4.90 Å². The molecule has 0 bridgehead atoms. The van der Waals surface area contributed by atoms with Crippen molar-refractivity contribution in [1.29, 1.82) is 0 Å². The number of hydrogen-bond donors (Lipinski definition) is 0. The highest BCUT2D eigenvalue weighted by atomic mass is 15.2. The fraction of sp³-hybridized carbons (Fsp3) is 1.00. The first-order chi connectivity index (χ1) is 9.49. The van der Waals surface area contributed by atoms with Gasteiger partial charge in [0, 0.05) is 25.2 Å². The summed E-state index contributed by atoms with van der Waals surface area (Å²) in [5, 5.41) is 0. The summed E-state index contributed by atoms with van der Waals surface area (Å²) in [5.74, 6) is 2.09. The second-order valence-corrected chi connectivity index (χ2v) is 8.47. The van der Waals surface area contributed by atoms with Gasteiger partial charge in [0.05, 0.1) is 0 Å². The second kappa shape index (κ2) is 5.61. The molecule has 2 heterocycles. The van der Waals surface area contributed by atoms with Crippen LogP contribution in [0.15, 0.2) is 0 Å². The fourth-order valence-corrected chi connectivity index (χ4v) is 5.03. The Labute approximate surface area is 125 Å². The van der Waals surface area contributed by atoms with Crippen LogP contribution in [0.1, 0.15) is 59.8 Å². The molecule has 3 aliphatic rings. The molecule has 0 radical (unpaired) electrons. The molecule has 0 aromatic carbocycles. The topological polar surface area (TPSA) is 6.48 Å². The van der Waals surface area contributed by atoms with Gasteiger partial charge >= 0.3 is 0 Å². The van der Waals surface area contributed by atoms with E-state index < -0.39 is 0 Å². The van der Waals surface area contributed by atoms with E-state index in [1.165, 1.54) is 51.9 Å². The molecule has 3 rings (SSSR count). The summed E-state index contributed by atoms with van der Waals surface area (Å²) < 4.78 is 0. The van der Waals surface area contributed by atoms with Gasteiger partial charge < -0.3 is 4.90 Å². The van der Waals surface area contributed by atoms with E-state index in [2.05, 4.69) is 37.5 Å². The number of likely N-dealkylation sites (tertiary alicyclic amines) is 2. The minimum absolute atomic E-state index is 0.740. The molecule has 1 aliphatic carbocycles. The largest absolute Gasteiger partial charge is 0.301 e. The molecular formula is C18H34N2. The first kappa shape index (κ1) is 14.8. The molecule has 0 aromatic heterocycles. The van der Waals surface area contributed by atoms with Gasteiger partial charge in [0.15, 0.2) is 0 Å². The van der Waals surface area contributed by atoms with Crippen LogP contribution in [-0.4, -0.2) is 48.1 Å². The third-order valence-corrected chi connectivity index (χ3v) is 6.52. The van der Waals surface area contributed by atoms with Gasteiger partial charge in [-0.15, -0.1) is 0 Å². The molecule has 2 saturated heterocycles. The average molecular weight is 278 g/mol. The fourth-order valence-electron chi connectivity index (χ4n) is 5.03. The van der Waals surface area contributed by atoms with E-state index >= 15 is 0 Å². The van der Waals surface area contributed by atoms with Crippen LogP contribution in [0.5, 0.6) is 0 Å². The molecule has 1 atom stereocenters. The number of nitrogens with zero attached hydrogens (tertiary/aromatic N) is 2. The first-order valence-electron chi connectivity index (χ1n) is 8.97. The molecule has 0 amide bonds. The van der Waals surface area contributed by atoms with Gasteiger partial charge in [-0.25, -0.2) is 0 Å². The van der Waals surface area contributed by atoms with Crippen molar-refractivity contribution in [3.05, 3.63) is 0 Å². The summed E-state index contributed by atoms with van der Waals surface area (Å²) in [7, 11) is 0. The Balaban J connectivity index is 1.47. The lowest BCUT2D eigenvalue weighted by Gasteiger charge is -2.51. The molecule has 0 aromatic rings. The summed E-state index contributed by atoms with van der Waals surface area (Å²) in [6.45, 7) is 14.9. The Hall–Kier alpha value is -0.0800. The molecule has 2 aliphatic heterocycles. The van der Waals surface area contributed by atoms with Crippen LogP contribution in [0.3, 0.4) is 0 Å². The summed E-state index contributed by atoms with van der Waals surface area (Å²) in [6, 6.07) is 1.51. The number of hydrogen-bond acceptors (Lipinski definition) is 2. The maximum atomic E-state index is 2.67. The van der Waals surface area contributed by atoms with Gasteiger partial charge in [-0.1, -0.05) is 0 Å². The minimum Gasteiger partial charge on any atom is -0.301 e. The standard InChI is InChI=1S/C18H34N2/c1-14(2)19-9-6-16(7-10-19)17-5-8-18(11-17)12-20(13-18)15(3)4/h14-17H,5-13H2,1-4H3. The van der Waals surface area contributed by atoms with Crippen molar-refractivity contribution < 1.29 is 0 Å². The summed E-state index contributed by atoms with van der Waals surface area (Å²) in [4.78, 5) is 5.34. The number of rotatable bonds is 3. The second-order valence-electron chi connectivity index (χ2n) is 8.47. The zero-order chi connectivity index (χ0) is 14.3. The summed E-state index contributed by atoms with van der Waals surface area (Å²) >= 11 is 0. The predicted octanol–water partition coefficient (Wildman–Crippen LogP) is 3.62. The van der Waals surface area contributed by atoms with Crippen LogP contribution in [0.4, 0.5) is 0 Å². The molecular weight excluding hydrogens is 244 g/mol. The average Bonchev–Trinajstić information content (AvgIpc) is 2.82. The molecule has 116 valence electrons. The first-order valence-corrected chi connectivity index (χ1v) is 8.97. The zero-order valence-corrected chi connectivity index (χ0v) is 14.1. The summed E-state index contributed by atoms with van der Waals surface area (Å²) in [5.41, 5.74) is 0.740. The molecule has 0 N–H and O–H groups in total. The lowest BCUT2D eigenvalue weighted by molar-refractivity contribution is -0.0225. The van der Waals surface area contributed by atoms with E-state index in [-0.39, 0.29) is 0 Å². The zero-order valence-electron chi connectivity index (χ0n) is 14.1. The lowest BCUT2D eigenvalue weighted by Crippen LogP contribution is -2.57. The van der Waals surface area contributed by atoms with Crippen molar-refractivity contribution in [2.45, 2.75) is 71.9 Å². The number of piperidine rings is 1. The maximum Gasteiger partial charge on any atom is 0.00533 e. The molecule has 1 unspecified atom stereocenters. The Morgan fingerprint density at radius 1 is 0.800 bits per heavy atom. The van der Waals surface area contributed by atoms with Crippen molar-refractivity contribution in [2.75, 3.05) is 26.2 Å². The molecule has 20 heavy (non-hydrogen) atoms. The maximum absolute atomic E-state index is 2.67. The van der Waals surface area contributed by atoms with Crippen molar-refractivity contribution in [2.24, 2.45) is 17.3 Å². The highest BCUT2D eigenvalue weighted by Crippen LogP contribution is 2.52. The third kappa shape index (κ3) is 2.78. The van der Waals surface area contributed by atoms with Crippen molar-refractivity contribution in [3.63, 3.8) is 0 Å². The van der Waals surface area contributed by atoms with E-state index in [1.54, 1.807) is 6.42 Å². The van der Waals surface area contributed by atoms with Crippen molar-refractivity contribution in [3.8, 4) is 0 Å². The van der Waals surface area contributed by atoms with Crippen molar-refractivity contribution >= 4 is 0 Å². The SMILES string of the molecule is CC(C)N1CCC(C2CCC3(C2)CN(C(C)C)C3)CC1. The normalized spacial score (nSPS) is 32.4. The Bertz CT molecular complexity index is 322. The third-order valence-electron chi connectivity index (χ3n) is 6.52. The van der Waals surface area contributed by atoms with Gasteiger partial charge in [-0.05, 0) is 90.1 Å². The summed E-state index contributed by atoms with van der Waals surface area (Å²) in [6.07, 6.45) is 7.52. The van der Waals surface area contributed by atoms with Crippen LogP contribution in [-0.2, 0) is 0 Å². The molecule has 3 fully saturated rings. The van der Waals surface area contributed by atoms with Crippen LogP contribution < -0.4 is 0 Å². The van der Waals surface area contributed by atoms with E-state index in [4.69, 9.17) is 0 Å². The van der Waals surface area contributed by atoms with E-state index in [9.17, 15) is 0 Å². The minimum atomic E-state index is 0.740. The molecule has 1 spiro atoms. The van der Waals surface area contributed by atoms with Gasteiger partial charge in [0.25, 0.3) is 0 Å². The highest BCUT2D eigenvalue weighted by molar-refractivity contribution is 5.02. The van der Waals surface area contributed by atoms with E-state index in [1.807, 2.05) is 0 Å². The Kier molecular flexibility index (Phi) is 4.16. The van der Waals surface area contributed by atoms with E-state index in [0.717, 1.165) is 29.3 Å². The molecule has 1 saturated carbocycles. The van der Waals surface area contributed by atoms with Gasteiger partial charge in [0.2, 0.25) is 0 Å². The van der Waals surface area contributed by atoms with Crippen LogP contribution >= 0.6 is 0 Å². The Morgan fingerprint density at radius 2 is 1.40 bits per heavy atom. The lowest BCUT2D eigenvalue weighted by atomic mass is 9.74. The van der Waals surface area contributed by atoms with Crippen LogP contribution in [0, 0.1) is 17.3 Å². The molecule has 2 heteroatoms. The quantitative estimate of drug-likeness (QED) is 0.778. The van der Waals surface area contributed by atoms with Gasteiger partial charge in [-0.2, -0.15) is 0 Å². The van der Waals surface area contributed by atoms with Crippen molar-refractivity contribution in [1.82, 2.24) is 9.80 Å². The molecule has 2 nitrogen and oxygen atoms in total. The highest BCUT2D eigenvalue weighted by Gasteiger charge is 2.49. The van der Waals surface area contributed by atoms with Crippen LogP contribution in [0.25, 0.3) is 0 Å². The van der Waals surface area contributed by atoms with E-state index in [0.29, 0.717) is 0 Å². The monoisotopic (exact) mass is 278 g/mol. The smallest absolute Gasteiger partial charge is 0.00533 e. The Morgan fingerprint density at radius 3 is 1.95 bits per heavy atom.